The van der Waals surface area contributed by atoms with Crippen molar-refractivity contribution in [3.05, 3.63) is 12.2 Å². The first-order valence-electron chi connectivity index (χ1n) is 11.3. The first-order valence-corrected chi connectivity index (χ1v) is 11.3. The van der Waals surface area contributed by atoms with Crippen LogP contribution in [0, 0.1) is 23.2 Å². The van der Waals surface area contributed by atoms with E-state index in [2.05, 4.69) is 6.58 Å². The van der Waals surface area contributed by atoms with E-state index < -0.39 is 60.1 Å². The summed E-state index contributed by atoms with van der Waals surface area (Å²) in [5, 5.41) is 0. The lowest BCUT2D eigenvalue weighted by molar-refractivity contribution is -0.203. The standard InChI is InChI=1S/C24H34O8/c1-13(2)20(26)29-12-16(25)30-19-15-11-14(3)18(19)31-21(27)17(15)22(28)32-24(23(4,5)6)9-7-8-10-24/h14-15,17-19H,1,7-12H2,2-6H3. The number of fused-ring (bicyclic) bond motifs is 2. The van der Waals surface area contributed by atoms with E-state index in [0.717, 1.165) is 25.7 Å². The Balaban J connectivity index is 1.74. The number of hydrogen-bond acceptors (Lipinski definition) is 8. The summed E-state index contributed by atoms with van der Waals surface area (Å²) in [6.45, 7) is 12.4. The molecule has 0 aromatic heterocycles. The van der Waals surface area contributed by atoms with Crippen LogP contribution in [0.3, 0.4) is 0 Å². The van der Waals surface area contributed by atoms with Gasteiger partial charge in [-0.1, -0.05) is 34.3 Å². The fourth-order valence-electron chi connectivity index (χ4n) is 5.22. The minimum Gasteiger partial charge on any atom is -0.458 e. The molecule has 3 aliphatic rings. The van der Waals surface area contributed by atoms with Crippen molar-refractivity contribution >= 4 is 23.9 Å². The van der Waals surface area contributed by atoms with E-state index in [4.69, 9.17) is 18.9 Å². The van der Waals surface area contributed by atoms with E-state index in [1.54, 1.807) is 0 Å². The molecule has 1 heterocycles. The van der Waals surface area contributed by atoms with Crippen LogP contribution < -0.4 is 0 Å². The number of hydrogen-bond donors (Lipinski definition) is 0. The van der Waals surface area contributed by atoms with Crippen molar-refractivity contribution in [3.63, 3.8) is 0 Å². The lowest BCUT2D eigenvalue weighted by Crippen LogP contribution is -2.52. The van der Waals surface area contributed by atoms with Crippen LogP contribution in [-0.2, 0) is 38.1 Å². The molecule has 1 aliphatic heterocycles. The van der Waals surface area contributed by atoms with Crippen LogP contribution in [0.1, 0.15) is 66.7 Å². The van der Waals surface area contributed by atoms with Gasteiger partial charge in [0.15, 0.2) is 12.5 Å². The highest BCUT2D eigenvalue weighted by molar-refractivity contribution is 5.96. The van der Waals surface area contributed by atoms with Crippen molar-refractivity contribution in [2.75, 3.05) is 6.61 Å². The number of carbonyl (C=O) groups is 4. The molecule has 0 aromatic carbocycles. The summed E-state index contributed by atoms with van der Waals surface area (Å²) in [5.74, 6) is -4.47. The smallest absolute Gasteiger partial charge is 0.344 e. The van der Waals surface area contributed by atoms with Crippen molar-refractivity contribution in [2.45, 2.75) is 84.5 Å². The van der Waals surface area contributed by atoms with E-state index in [1.807, 2.05) is 27.7 Å². The third-order valence-electron chi connectivity index (χ3n) is 7.15. The Bertz CT molecular complexity index is 801. The third kappa shape index (κ3) is 4.55. The predicted octanol–water partition coefficient (Wildman–Crippen LogP) is 3.12. The van der Waals surface area contributed by atoms with Gasteiger partial charge in [-0.25, -0.2) is 9.59 Å². The van der Waals surface area contributed by atoms with Gasteiger partial charge in [-0.2, -0.15) is 0 Å². The Morgan fingerprint density at radius 2 is 1.81 bits per heavy atom. The zero-order chi connectivity index (χ0) is 23.8. The lowest BCUT2D eigenvalue weighted by atomic mass is 9.75. The summed E-state index contributed by atoms with van der Waals surface area (Å²) in [7, 11) is 0. The summed E-state index contributed by atoms with van der Waals surface area (Å²) >= 11 is 0. The maximum atomic E-state index is 13.3. The molecule has 32 heavy (non-hydrogen) atoms. The van der Waals surface area contributed by atoms with Crippen molar-refractivity contribution in [2.24, 2.45) is 23.2 Å². The fourth-order valence-corrected chi connectivity index (χ4v) is 5.22. The van der Waals surface area contributed by atoms with Gasteiger partial charge in [-0.3, -0.25) is 9.59 Å². The molecule has 2 saturated carbocycles. The van der Waals surface area contributed by atoms with Gasteiger partial charge in [0.25, 0.3) is 0 Å². The second-order valence-electron chi connectivity index (χ2n) is 10.4. The molecule has 0 aromatic rings. The molecule has 2 bridgehead atoms. The molecule has 8 nitrogen and oxygen atoms in total. The summed E-state index contributed by atoms with van der Waals surface area (Å²) in [6.07, 6.45) is 2.49. The van der Waals surface area contributed by atoms with Crippen molar-refractivity contribution in [3.8, 4) is 0 Å². The highest BCUT2D eigenvalue weighted by atomic mass is 16.6. The number of esters is 4. The molecule has 5 unspecified atom stereocenters. The number of ether oxygens (including phenoxy) is 4. The van der Waals surface area contributed by atoms with Gasteiger partial charge in [0.1, 0.15) is 17.8 Å². The van der Waals surface area contributed by atoms with Crippen LogP contribution >= 0.6 is 0 Å². The average Bonchev–Trinajstić information content (AvgIpc) is 3.23. The highest BCUT2D eigenvalue weighted by Gasteiger charge is 2.60. The minimum absolute atomic E-state index is 0.0828. The van der Waals surface area contributed by atoms with Crippen molar-refractivity contribution in [1.29, 1.82) is 0 Å². The van der Waals surface area contributed by atoms with Crippen molar-refractivity contribution in [1.82, 2.24) is 0 Å². The monoisotopic (exact) mass is 450 g/mol. The topological polar surface area (TPSA) is 105 Å². The first-order chi connectivity index (χ1) is 14.9. The highest BCUT2D eigenvalue weighted by Crippen LogP contribution is 2.49. The van der Waals surface area contributed by atoms with Gasteiger partial charge >= 0.3 is 23.9 Å². The van der Waals surface area contributed by atoms with Crippen LogP contribution in [0.15, 0.2) is 12.2 Å². The Labute approximate surface area is 189 Å². The Hall–Kier alpha value is -2.38. The normalized spacial score (nSPS) is 30.9. The Morgan fingerprint density at radius 1 is 1.19 bits per heavy atom. The van der Waals surface area contributed by atoms with Gasteiger partial charge < -0.3 is 18.9 Å². The van der Waals surface area contributed by atoms with Gasteiger partial charge in [-0.15, -0.1) is 0 Å². The van der Waals surface area contributed by atoms with Crippen molar-refractivity contribution < 1.29 is 38.1 Å². The van der Waals surface area contributed by atoms with E-state index in [-0.39, 0.29) is 16.9 Å². The number of carbonyl (C=O) groups excluding carboxylic acids is 4. The zero-order valence-electron chi connectivity index (χ0n) is 19.6. The molecule has 0 amide bonds. The maximum absolute atomic E-state index is 13.3. The molecular formula is C24H34O8. The molecule has 0 N–H and O–H groups in total. The Kier molecular flexibility index (Phi) is 6.72. The molecule has 5 atom stereocenters. The predicted molar refractivity (Wildman–Crippen MR) is 113 cm³/mol. The quantitative estimate of drug-likeness (QED) is 0.263. The molecule has 8 heteroatoms. The molecule has 2 aliphatic carbocycles. The second kappa shape index (κ2) is 8.87. The maximum Gasteiger partial charge on any atom is 0.344 e. The second-order valence-corrected chi connectivity index (χ2v) is 10.4. The molecule has 0 spiro atoms. The summed E-state index contributed by atoms with van der Waals surface area (Å²) in [6, 6.07) is 0. The van der Waals surface area contributed by atoms with Gasteiger partial charge in [0.05, 0.1) is 0 Å². The average molecular weight is 451 g/mol. The Morgan fingerprint density at radius 3 is 2.38 bits per heavy atom. The summed E-state index contributed by atoms with van der Waals surface area (Å²) in [4.78, 5) is 49.9. The third-order valence-corrected chi connectivity index (χ3v) is 7.15. The van der Waals surface area contributed by atoms with E-state index in [1.165, 1.54) is 6.92 Å². The first kappa shape index (κ1) is 24.3. The number of rotatable bonds is 6. The van der Waals surface area contributed by atoms with Crippen LogP contribution in [0.5, 0.6) is 0 Å². The lowest BCUT2D eigenvalue weighted by Gasteiger charge is -2.43. The van der Waals surface area contributed by atoms with E-state index in [9.17, 15) is 19.2 Å². The van der Waals surface area contributed by atoms with E-state index in [0.29, 0.717) is 6.42 Å². The minimum atomic E-state index is -1.15. The van der Waals surface area contributed by atoms with Gasteiger partial charge in [-0.05, 0) is 44.9 Å². The summed E-state index contributed by atoms with van der Waals surface area (Å²) in [5.41, 5.74) is -0.739. The van der Waals surface area contributed by atoms with Gasteiger partial charge in [0.2, 0.25) is 0 Å². The molecular weight excluding hydrogens is 416 g/mol. The van der Waals surface area contributed by atoms with Crippen LogP contribution in [0.4, 0.5) is 0 Å². The summed E-state index contributed by atoms with van der Waals surface area (Å²) < 4.78 is 22.0. The van der Waals surface area contributed by atoms with Crippen LogP contribution in [0.2, 0.25) is 0 Å². The molecule has 0 radical (unpaired) electrons. The molecule has 178 valence electrons. The zero-order valence-corrected chi connectivity index (χ0v) is 19.6. The molecule has 1 saturated heterocycles. The van der Waals surface area contributed by atoms with E-state index >= 15 is 0 Å². The van der Waals surface area contributed by atoms with Crippen LogP contribution in [0.25, 0.3) is 0 Å². The van der Waals surface area contributed by atoms with Crippen LogP contribution in [-0.4, -0.2) is 48.3 Å². The molecule has 3 fully saturated rings. The fraction of sp³-hybridized carbons (Fsp3) is 0.750. The van der Waals surface area contributed by atoms with Gasteiger partial charge in [0, 0.05) is 16.9 Å². The SMILES string of the molecule is C=C(C)C(=O)OCC(=O)OC1C2CC(C)C1OC(=O)C2C(=O)OC1(C(C)(C)C)CCCC1. The largest absolute Gasteiger partial charge is 0.458 e. The molecule has 3 rings (SSSR count).